The summed E-state index contributed by atoms with van der Waals surface area (Å²) in [7, 11) is 1.93. The maximum atomic E-state index is 13.5. The van der Waals surface area contributed by atoms with Crippen LogP contribution in [0.5, 0.6) is 0 Å². The molecule has 5 nitrogen and oxygen atoms in total. The molecular weight excluding hydrogens is 391 g/mol. The van der Waals surface area contributed by atoms with Gasteiger partial charge in [-0.1, -0.05) is 36.4 Å². The normalized spacial score (nSPS) is 17.9. The van der Waals surface area contributed by atoms with E-state index in [-0.39, 0.29) is 17.8 Å². The van der Waals surface area contributed by atoms with Crippen molar-refractivity contribution in [2.24, 2.45) is 7.05 Å². The van der Waals surface area contributed by atoms with E-state index < -0.39 is 0 Å². The fourth-order valence-electron chi connectivity index (χ4n) is 4.86. The Morgan fingerprint density at radius 1 is 1.16 bits per heavy atom. The van der Waals surface area contributed by atoms with E-state index in [0.717, 1.165) is 49.0 Å². The summed E-state index contributed by atoms with van der Waals surface area (Å²) in [4.78, 5) is 15.3. The van der Waals surface area contributed by atoms with Crippen molar-refractivity contribution in [2.75, 3.05) is 6.54 Å². The molecule has 1 aliphatic heterocycles. The van der Waals surface area contributed by atoms with E-state index in [1.807, 2.05) is 28.8 Å². The minimum absolute atomic E-state index is 0.0251. The van der Waals surface area contributed by atoms with Gasteiger partial charge in [-0.05, 0) is 54.5 Å². The van der Waals surface area contributed by atoms with Crippen LogP contribution in [0, 0.1) is 5.82 Å². The molecule has 0 radical (unpaired) electrons. The molecule has 6 heteroatoms. The van der Waals surface area contributed by atoms with E-state index in [2.05, 4.69) is 28.6 Å². The summed E-state index contributed by atoms with van der Waals surface area (Å²) >= 11 is 0. The number of halogens is 1. The second-order valence-electron chi connectivity index (χ2n) is 8.59. The number of fused-ring (bicyclic) bond motifs is 2. The smallest absolute Gasteiger partial charge is 0.274 e. The highest BCUT2D eigenvalue weighted by Gasteiger charge is 2.31. The number of aromatic nitrogens is 2. The van der Waals surface area contributed by atoms with Gasteiger partial charge in [0.05, 0.1) is 0 Å². The average Bonchev–Trinajstić information content (AvgIpc) is 3.12. The van der Waals surface area contributed by atoms with Gasteiger partial charge >= 0.3 is 0 Å². The number of rotatable bonds is 4. The van der Waals surface area contributed by atoms with Gasteiger partial charge in [-0.25, -0.2) is 4.39 Å². The summed E-state index contributed by atoms with van der Waals surface area (Å²) in [6, 6.07) is 15.3. The topological polar surface area (TPSA) is 50.2 Å². The van der Waals surface area contributed by atoms with Gasteiger partial charge in [-0.3, -0.25) is 9.48 Å². The predicted octanol–water partition coefficient (Wildman–Crippen LogP) is 3.40. The highest BCUT2D eigenvalue weighted by atomic mass is 19.1. The second-order valence-corrected chi connectivity index (χ2v) is 8.59. The summed E-state index contributed by atoms with van der Waals surface area (Å²) in [5, 5.41) is 8.18. The number of aryl methyl sites for hydroxylation is 1. The third kappa shape index (κ3) is 4.00. The van der Waals surface area contributed by atoms with Crippen molar-refractivity contribution in [2.45, 2.75) is 44.8 Å². The van der Waals surface area contributed by atoms with Gasteiger partial charge < -0.3 is 10.2 Å². The molecule has 160 valence electrons. The summed E-state index contributed by atoms with van der Waals surface area (Å²) in [5.41, 5.74) is 6.30. The average molecular weight is 419 g/mol. The van der Waals surface area contributed by atoms with Crippen LogP contribution in [0.2, 0.25) is 0 Å². The van der Waals surface area contributed by atoms with Crippen molar-refractivity contribution in [3.8, 4) is 0 Å². The minimum atomic E-state index is -0.214. The van der Waals surface area contributed by atoms with E-state index in [1.165, 1.54) is 17.2 Å². The molecule has 1 N–H and O–H groups in total. The molecule has 0 unspecified atom stereocenters. The van der Waals surface area contributed by atoms with E-state index in [0.29, 0.717) is 18.8 Å². The molecule has 0 saturated carbocycles. The van der Waals surface area contributed by atoms with Crippen LogP contribution < -0.4 is 5.32 Å². The van der Waals surface area contributed by atoms with Crippen molar-refractivity contribution in [1.82, 2.24) is 20.0 Å². The summed E-state index contributed by atoms with van der Waals surface area (Å²) in [5.74, 6) is -0.189. The number of nitrogens with one attached hydrogen (secondary N) is 1. The fourth-order valence-corrected chi connectivity index (χ4v) is 4.86. The second kappa shape index (κ2) is 8.27. The molecule has 2 heterocycles. The van der Waals surface area contributed by atoms with Crippen molar-refractivity contribution in [1.29, 1.82) is 0 Å². The SMILES string of the molecule is Cn1nc(C(=O)N2CCc3ccccc3C2)c2c1CC[C@H](NCc1cccc(F)c1)C2. The Balaban J connectivity index is 1.31. The van der Waals surface area contributed by atoms with Gasteiger partial charge in [0.25, 0.3) is 5.91 Å². The Kier molecular flexibility index (Phi) is 5.32. The molecule has 1 aromatic heterocycles. The Morgan fingerprint density at radius 2 is 2.00 bits per heavy atom. The molecule has 5 rings (SSSR count). The monoisotopic (exact) mass is 418 g/mol. The predicted molar refractivity (Wildman–Crippen MR) is 117 cm³/mol. The maximum absolute atomic E-state index is 13.5. The van der Waals surface area contributed by atoms with Gasteiger partial charge in [-0.15, -0.1) is 0 Å². The number of carbonyl (C=O) groups excluding carboxylic acids is 1. The lowest BCUT2D eigenvalue weighted by Crippen LogP contribution is -2.38. The van der Waals surface area contributed by atoms with Gasteiger partial charge in [0.1, 0.15) is 5.82 Å². The largest absolute Gasteiger partial charge is 0.333 e. The minimum Gasteiger partial charge on any atom is -0.333 e. The van der Waals surface area contributed by atoms with Crippen LogP contribution in [0.25, 0.3) is 0 Å². The number of nitrogens with zero attached hydrogens (tertiary/aromatic N) is 3. The first-order valence-corrected chi connectivity index (χ1v) is 11.0. The van der Waals surface area contributed by atoms with Gasteiger partial charge in [-0.2, -0.15) is 5.10 Å². The van der Waals surface area contributed by atoms with Crippen LogP contribution in [0.4, 0.5) is 4.39 Å². The molecule has 0 spiro atoms. The molecule has 0 bridgehead atoms. The first kappa shape index (κ1) is 19.9. The maximum Gasteiger partial charge on any atom is 0.274 e. The fraction of sp³-hybridized carbons (Fsp3) is 0.360. The Morgan fingerprint density at radius 3 is 2.84 bits per heavy atom. The van der Waals surface area contributed by atoms with Crippen molar-refractivity contribution in [3.63, 3.8) is 0 Å². The highest BCUT2D eigenvalue weighted by Crippen LogP contribution is 2.27. The molecular formula is C25H27FN4O. The van der Waals surface area contributed by atoms with Crippen LogP contribution in [0.1, 0.15) is 44.9 Å². The van der Waals surface area contributed by atoms with E-state index in [1.54, 1.807) is 12.1 Å². The van der Waals surface area contributed by atoms with E-state index >= 15 is 0 Å². The van der Waals surface area contributed by atoms with Crippen LogP contribution >= 0.6 is 0 Å². The third-order valence-corrected chi connectivity index (χ3v) is 6.56. The van der Waals surface area contributed by atoms with Gasteiger partial charge in [0, 0.05) is 44.0 Å². The third-order valence-electron chi connectivity index (χ3n) is 6.56. The Labute approximate surface area is 181 Å². The van der Waals surface area contributed by atoms with Crippen molar-refractivity contribution >= 4 is 5.91 Å². The number of hydrogen-bond acceptors (Lipinski definition) is 3. The van der Waals surface area contributed by atoms with E-state index in [4.69, 9.17) is 0 Å². The molecule has 2 aliphatic rings. The lowest BCUT2D eigenvalue weighted by molar-refractivity contribution is 0.0726. The number of amides is 1. The lowest BCUT2D eigenvalue weighted by atomic mass is 9.90. The van der Waals surface area contributed by atoms with Crippen molar-refractivity contribution < 1.29 is 9.18 Å². The van der Waals surface area contributed by atoms with Crippen LogP contribution in [-0.2, 0) is 39.4 Å². The summed E-state index contributed by atoms with van der Waals surface area (Å²) < 4.78 is 15.3. The quantitative estimate of drug-likeness (QED) is 0.707. The Bertz CT molecular complexity index is 1120. The molecule has 31 heavy (non-hydrogen) atoms. The summed E-state index contributed by atoms with van der Waals surface area (Å²) in [6.45, 7) is 1.98. The molecule has 2 aromatic carbocycles. The molecule has 3 aromatic rings. The number of hydrogen-bond donors (Lipinski definition) is 1. The standard InChI is InChI=1S/C25H27FN4O/c1-29-23-10-9-21(27-15-17-5-4-8-20(26)13-17)14-22(23)24(28-29)25(31)30-12-11-18-6-2-3-7-19(18)16-30/h2-8,13,21,27H,9-12,14-16H2,1H3/t21-/m0/s1. The molecule has 1 aliphatic carbocycles. The van der Waals surface area contributed by atoms with Crippen LogP contribution in [0.15, 0.2) is 48.5 Å². The van der Waals surface area contributed by atoms with Gasteiger partial charge in [0.15, 0.2) is 5.69 Å². The van der Waals surface area contributed by atoms with Gasteiger partial charge in [0.2, 0.25) is 0 Å². The first-order chi connectivity index (χ1) is 15.1. The zero-order valence-corrected chi connectivity index (χ0v) is 17.8. The molecule has 1 atom stereocenters. The molecule has 0 saturated heterocycles. The zero-order chi connectivity index (χ0) is 21.4. The first-order valence-electron chi connectivity index (χ1n) is 11.0. The van der Waals surface area contributed by atoms with E-state index in [9.17, 15) is 9.18 Å². The lowest BCUT2D eigenvalue weighted by Gasteiger charge is -2.29. The highest BCUT2D eigenvalue weighted by molar-refractivity contribution is 5.94. The van der Waals surface area contributed by atoms with Crippen molar-refractivity contribution in [3.05, 3.63) is 88.0 Å². The summed E-state index contributed by atoms with van der Waals surface area (Å²) in [6.07, 6.45) is 3.51. The number of benzene rings is 2. The zero-order valence-electron chi connectivity index (χ0n) is 17.8. The molecule has 1 amide bonds. The van der Waals surface area contributed by atoms with Crippen LogP contribution in [-0.4, -0.2) is 33.2 Å². The molecule has 0 fully saturated rings. The Hall–Kier alpha value is -2.99. The van der Waals surface area contributed by atoms with Crippen LogP contribution in [0.3, 0.4) is 0 Å². The number of carbonyl (C=O) groups is 1.